The number of hydrogen-bond acceptors (Lipinski definition) is 5. The van der Waals surface area contributed by atoms with Gasteiger partial charge in [0.2, 0.25) is 5.91 Å². The third-order valence-electron chi connectivity index (χ3n) is 4.32. The Morgan fingerprint density at radius 3 is 2.71 bits per heavy atom. The molecule has 0 saturated heterocycles. The van der Waals surface area contributed by atoms with Crippen molar-refractivity contribution in [1.29, 1.82) is 0 Å². The number of carbonyl (C=O) groups excluding carboxylic acids is 1. The van der Waals surface area contributed by atoms with E-state index in [4.69, 9.17) is 0 Å². The fraction of sp³-hybridized carbons (Fsp3) is 0.625. The molecule has 0 radical (unpaired) electrons. The first kappa shape index (κ1) is 16.9. The monoisotopic (exact) mass is 350 g/mol. The average Bonchev–Trinajstić information content (AvgIpc) is 3.19. The summed E-state index contributed by atoms with van der Waals surface area (Å²) in [5.41, 5.74) is -0.120. The second-order valence-electron chi connectivity index (χ2n) is 6.78. The molecule has 0 unspecified atom stereocenters. The lowest BCUT2D eigenvalue weighted by atomic mass is 10.2. The number of rotatable bonds is 5. The molecule has 1 N–H and O–H groups in total. The Bertz CT molecular complexity index is 858. The van der Waals surface area contributed by atoms with E-state index >= 15 is 0 Å². The molecular weight excluding hydrogens is 328 g/mol. The number of aromatic nitrogens is 3. The maximum absolute atomic E-state index is 12.7. The van der Waals surface area contributed by atoms with Crippen LogP contribution in [0.5, 0.6) is 0 Å². The predicted molar refractivity (Wildman–Crippen MR) is 93.4 cm³/mol. The van der Waals surface area contributed by atoms with Crippen LogP contribution in [0, 0.1) is 5.92 Å². The zero-order valence-electron chi connectivity index (χ0n) is 13.9. The van der Waals surface area contributed by atoms with Gasteiger partial charge in [-0.15, -0.1) is 0 Å². The van der Waals surface area contributed by atoms with Crippen molar-refractivity contribution in [3.8, 4) is 0 Å². The van der Waals surface area contributed by atoms with Crippen LogP contribution >= 0.6 is 11.5 Å². The Hall–Kier alpha value is -1.96. The summed E-state index contributed by atoms with van der Waals surface area (Å²) in [6.07, 6.45) is 4.23. The number of fused-ring (bicyclic) bond motifs is 1. The van der Waals surface area contributed by atoms with Crippen LogP contribution in [0.4, 0.5) is 0 Å². The number of nitrogens with one attached hydrogen (secondary N) is 1. The molecular formula is C16H22N4O3S. The molecule has 3 rings (SSSR count). The van der Waals surface area contributed by atoms with Crippen molar-refractivity contribution in [2.24, 2.45) is 5.92 Å². The Labute approximate surface area is 143 Å². The van der Waals surface area contributed by atoms with E-state index in [9.17, 15) is 14.4 Å². The van der Waals surface area contributed by atoms with E-state index in [1.807, 2.05) is 13.8 Å². The molecule has 2 aromatic heterocycles. The lowest BCUT2D eigenvalue weighted by Gasteiger charge is -2.15. The second-order valence-corrected chi connectivity index (χ2v) is 7.40. The van der Waals surface area contributed by atoms with E-state index in [0.29, 0.717) is 12.1 Å². The molecule has 24 heavy (non-hydrogen) atoms. The summed E-state index contributed by atoms with van der Waals surface area (Å²) in [4.78, 5) is 37.5. The third kappa shape index (κ3) is 3.28. The lowest BCUT2D eigenvalue weighted by molar-refractivity contribution is -0.122. The SMILES string of the molecule is CC(C)Cn1c(=O)c2nscc2n(CC(=O)NC2CCCC2)c1=O. The van der Waals surface area contributed by atoms with Gasteiger partial charge >= 0.3 is 5.69 Å². The van der Waals surface area contributed by atoms with Gasteiger partial charge in [-0.1, -0.05) is 26.7 Å². The van der Waals surface area contributed by atoms with Crippen LogP contribution in [0.1, 0.15) is 39.5 Å². The Kier molecular flexibility index (Phi) is 4.84. The predicted octanol–water partition coefficient (Wildman–Crippen LogP) is 1.33. The van der Waals surface area contributed by atoms with Crippen molar-refractivity contribution in [3.63, 3.8) is 0 Å². The highest BCUT2D eigenvalue weighted by molar-refractivity contribution is 7.04. The molecule has 0 bridgehead atoms. The summed E-state index contributed by atoms with van der Waals surface area (Å²) >= 11 is 1.12. The highest BCUT2D eigenvalue weighted by atomic mass is 32.1. The van der Waals surface area contributed by atoms with E-state index < -0.39 is 5.69 Å². The number of hydrogen-bond donors (Lipinski definition) is 1. The first-order valence-corrected chi connectivity index (χ1v) is 9.18. The molecule has 0 aromatic carbocycles. The average molecular weight is 350 g/mol. The van der Waals surface area contributed by atoms with E-state index in [1.54, 1.807) is 5.38 Å². The van der Waals surface area contributed by atoms with Crippen LogP contribution < -0.4 is 16.6 Å². The fourth-order valence-electron chi connectivity index (χ4n) is 3.20. The Balaban J connectivity index is 1.96. The van der Waals surface area contributed by atoms with E-state index in [-0.39, 0.29) is 35.5 Å². The molecule has 0 spiro atoms. The molecule has 1 saturated carbocycles. The smallest absolute Gasteiger partial charge is 0.332 e. The zero-order chi connectivity index (χ0) is 17.3. The highest BCUT2D eigenvalue weighted by Gasteiger charge is 2.20. The van der Waals surface area contributed by atoms with Crippen LogP contribution in [0.15, 0.2) is 15.0 Å². The zero-order valence-corrected chi connectivity index (χ0v) is 14.8. The third-order valence-corrected chi connectivity index (χ3v) is 4.94. The van der Waals surface area contributed by atoms with Crippen molar-refractivity contribution in [2.45, 2.75) is 58.7 Å². The standard InChI is InChI=1S/C16H22N4O3S/c1-10(2)7-20-15(22)14-12(9-24-18-14)19(16(20)23)8-13(21)17-11-5-3-4-6-11/h9-11H,3-8H2,1-2H3,(H,17,21). The van der Waals surface area contributed by atoms with Gasteiger partial charge in [0.25, 0.3) is 5.56 Å². The van der Waals surface area contributed by atoms with E-state index in [2.05, 4.69) is 9.69 Å². The maximum atomic E-state index is 12.7. The van der Waals surface area contributed by atoms with E-state index in [0.717, 1.165) is 37.2 Å². The van der Waals surface area contributed by atoms with Crippen LogP contribution in [0.3, 0.4) is 0 Å². The van der Waals surface area contributed by atoms with Crippen molar-refractivity contribution in [2.75, 3.05) is 0 Å². The molecule has 1 fully saturated rings. The molecule has 0 atom stereocenters. The minimum Gasteiger partial charge on any atom is -0.352 e. The van der Waals surface area contributed by atoms with Crippen LogP contribution in [0.25, 0.3) is 11.0 Å². The van der Waals surface area contributed by atoms with Gasteiger partial charge in [0.1, 0.15) is 6.54 Å². The van der Waals surface area contributed by atoms with Gasteiger partial charge in [-0.2, -0.15) is 4.37 Å². The van der Waals surface area contributed by atoms with Crippen molar-refractivity contribution >= 4 is 28.5 Å². The second kappa shape index (κ2) is 6.88. The van der Waals surface area contributed by atoms with Crippen molar-refractivity contribution < 1.29 is 4.79 Å². The maximum Gasteiger partial charge on any atom is 0.332 e. The van der Waals surface area contributed by atoms with Gasteiger partial charge in [-0.25, -0.2) is 4.79 Å². The lowest BCUT2D eigenvalue weighted by Crippen LogP contribution is -2.44. The Morgan fingerprint density at radius 2 is 2.04 bits per heavy atom. The molecule has 7 nitrogen and oxygen atoms in total. The first-order valence-electron chi connectivity index (χ1n) is 8.34. The summed E-state index contributed by atoms with van der Waals surface area (Å²) in [6.45, 7) is 4.11. The van der Waals surface area contributed by atoms with Crippen LogP contribution in [0.2, 0.25) is 0 Å². The number of nitrogens with zero attached hydrogens (tertiary/aromatic N) is 3. The number of amides is 1. The van der Waals surface area contributed by atoms with Gasteiger partial charge in [-0.3, -0.25) is 18.7 Å². The summed E-state index contributed by atoms with van der Waals surface area (Å²) in [7, 11) is 0. The quantitative estimate of drug-likeness (QED) is 0.881. The minimum absolute atomic E-state index is 0.0807. The minimum atomic E-state index is -0.442. The fourth-order valence-corrected chi connectivity index (χ4v) is 3.87. The largest absolute Gasteiger partial charge is 0.352 e. The van der Waals surface area contributed by atoms with Crippen LogP contribution in [-0.2, 0) is 17.9 Å². The summed E-state index contributed by atoms with van der Waals surface area (Å²) in [5.74, 6) is -0.0431. The van der Waals surface area contributed by atoms with Gasteiger partial charge in [0.15, 0.2) is 5.52 Å². The van der Waals surface area contributed by atoms with Crippen LogP contribution in [-0.4, -0.2) is 25.5 Å². The Morgan fingerprint density at radius 1 is 1.33 bits per heavy atom. The van der Waals surface area contributed by atoms with Gasteiger partial charge < -0.3 is 5.32 Å². The van der Waals surface area contributed by atoms with Crippen molar-refractivity contribution in [1.82, 2.24) is 18.8 Å². The summed E-state index contributed by atoms with van der Waals surface area (Å²) < 4.78 is 6.67. The van der Waals surface area contributed by atoms with Crippen molar-refractivity contribution in [3.05, 3.63) is 26.2 Å². The molecule has 2 heterocycles. The molecule has 8 heteroatoms. The topological polar surface area (TPSA) is 86.0 Å². The molecule has 1 aliphatic carbocycles. The van der Waals surface area contributed by atoms with Gasteiger partial charge in [-0.05, 0) is 30.3 Å². The van der Waals surface area contributed by atoms with Gasteiger partial charge in [0.05, 0.1) is 5.52 Å². The summed E-state index contributed by atoms with van der Waals surface area (Å²) in [5, 5.41) is 4.64. The molecule has 1 amide bonds. The van der Waals surface area contributed by atoms with Gasteiger partial charge in [0, 0.05) is 18.0 Å². The number of carbonyl (C=O) groups is 1. The highest BCUT2D eigenvalue weighted by Crippen LogP contribution is 2.17. The normalized spacial score (nSPS) is 15.5. The molecule has 1 aliphatic rings. The summed E-state index contributed by atoms with van der Waals surface area (Å²) in [6, 6.07) is 0.200. The first-order chi connectivity index (χ1) is 11.5. The van der Waals surface area contributed by atoms with E-state index in [1.165, 1.54) is 9.13 Å². The molecule has 0 aliphatic heterocycles. The molecule has 2 aromatic rings. The molecule has 130 valence electrons.